The van der Waals surface area contributed by atoms with Gasteiger partial charge in [-0.05, 0) is 18.6 Å². The van der Waals surface area contributed by atoms with E-state index in [0.717, 1.165) is 13.0 Å². The molecule has 0 aromatic carbocycles. The van der Waals surface area contributed by atoms with Gasteiger partial charge in [-0.15, -0.1) is 0 Å². The van der Waals surface area contributed by atoms with Crippen molar-refractivity contribution < 1.29 is 9.94 Å². The molecule has 0 atom stereocenters. The van der Waals surface area contributed by atoms with Crippen molar-refractivity contribution in [3.05, 3.63) is 23.9 Å². The molecule has 0 aliphatic rings. The lowest BCUT2D eigenvalue weighted by atomic mass is 10.2. The second kappa shape index (κ2) is 6.70. The zero-order valence-corrected chi connectivity index (χ0v) is 10.1. The van der Waals surface area contributed by atoms with Crippen LogP contribution in [0.1, 0.15) is 12.0 Å². The number of amidine groups is 1. The predicted molar refractivity (Wildman–Crippen MR) is 66.5 cm³/mol. The molecule has 0 unspecified atom stereocenters. The van der Waals surface area contributed by atoms with Gasteiger partial charge in [0.05, 0.1) is 5.56 Å². The van der Waals surface area contributed by atoms with Crippen molar-refractivity contribution >= 4 is 11.7 Å². The lowest BCUT2D eigenvalue weighted by Gasteiger charge is -2.20. The van der Waals surface area contributed by atoms with Crippen LogP contribution >= 0.6 is 0 Å². The SMILES string of the molecule is COCCCN(C)c1ncccc1C(N)=NO. The van der Waals surface area contributed by atoms with E-state index >= 15 is 0 Å². The summed E-state index contributed by atoms with van der Waals surface area (Å²) in [4.78, 5) is 6.19. The van der Waals surface area contributed by atoms with Gasteiger partial charge in [-0.3, -0.25) is 0 Å². The monoisotopic (exact) mass is 238 g/mol. The molecule has 0 bridgehead atoms. The van der Waals surface area contributed by atoms with Crippen LogP contribution < -0.4 is 10.6 Å². The molecule has 0 saturated heterocycles. The van der Waals surface area contributed by atoms with Gasteiger partial charge in [0.1, 0.15) is 5.82 Å². The van der Waals surface area contributed by atoms with Crippen molar-refractivity contribution in [2.75, 3.05) is 32.2 Å². The molecule has 6 nitrogen and oxygen atoms in total. The van der Waals surface area contributed by atoms with Crippen molar-refractivity contribution in [1.29, 1.82) is 0 Å². The van der Waals surface area contributed by atoms with Crippen LogP contribution in [-0.2, 0) is 4.74 Å². The van der Waals surface area contributed by atoms with Gasteiger partial charge in [0.2, 0.25) is 0 Å². The first-order valence-electron chi connectivity index (χ1n) is 5.33. The van der Waals surface area contributed by atoms with Crippen molar-refractivity contribution in [2.24, 2.45) is 10.9 Å². The molecular formula is C11H18N4O2. The second-order valence-electron chi connectivity index (χ2n) is 3.63. The largest absolute Gasteiger partial charge is 0.409 e. The van der Waals surface area contributed by atoms with E-state index in [1.165, 1.54) is 0 Å². The van der Waals surface area contributed by atoms with Gasteiger partial charge in [-0.2, -0.15) is 0 Å². The average molecular weight is 238 g/mol. The van der Waals surface area contributed by atoms with E-state index in [4.69, 9.17) is 15.7 Å². The highest BCUT2D eigenvalue weighted by Gasteiger charge is 2.11. The molecule has 1 aromatic rings. The Balaban J connectivity index is 2.82. The molecule has 0 aliphatic heterocycles. The number of nitrogens with two attached hydrogens (primary N) is 1. The Kier molecular flexibility index (Phi) is 5.22. The fraction of sp³-hybridized carbons (Fsp3) is 0.455. The number of pyridine rings is 1. The Labute approximate surface area is 101 Å². The van der Waals surface area contributed by atoms with Crippen LogP contribution in [-0.4, -0.2) is 43.3 Å². The zero-order chi connectivity index (χ0) is 12.7. The van der Waals surface area contributed by atoms with E-state index in [-0.39, 0.29) is 5.84 Å². The first kappa shape index (κ1) is 13.2. The summed E-state index contributed by atoms with van der Waals surface area (Å²) in [5.74, 6) is 0.755. The molecule has 0 spiro atoms. The summed E-state index contributed by atoms with van der Waals surface area (Å²) in [6, 6.07) is 3.52. The van der Waals surface area contributed by atoms with E-state index in [1.807, 2.05) is 11.9 Å². The quantitative estimate of drug-likeness (QED) is 0.250. The van der Waals surface area contributed by atoms with E-state index in [1.54, 1.807) is 25.4 Å². The minimum atomic E-state index is 0.0618. The van der Waals surface area contributed by atoms with Crippen LogP contribution in [0.3, 0.4) is 0 Å². The molecule has 17 heavy (non-hydrogen) atoms. The summed E-state index contributed by atoms with van der Waals surface area (Å²) in [7, 11) is 3.58. The topological polar surface area (TPSA) is 84.0 Å². The highest BCUT2D eigenvalue weighted by atomic mass is 16.5. The number of oxime groups is 1. The summed E-state index contributed by atoms with van der Waals surface area (Å²) in [6.45, 7) is 1.48. The minimum absolute atomic E-state index is 0.0618. The molecule has 3 N–H and O–H groups in total. The van der Waals surface area contributed by atoms with Crippen LogP contribution in [0, 0.1) is 0 Å². The molecule has 1 heterocycles. The maximum absolute atomic E-state index is 8.71. The summed E-state index contributed by atoms with van der Waals surface area (Å²) in [6.07, 6.45) is 2.56. The second-order valence-corrected chi connectivity index (χ2v) is 3.63. The van der Waals surface area contributed by atoms with Gasteiger partial charge in [-0.1, -0.05) is 5.16 Å². The molecule has 0 amide bonds. The fourth-order valence-corrected chi connectivity index (χ4v) is 1.51. The highest BCUT2D eigenvalue weighted by molar-refractivity contribution is 6.01. The third-order valence-electron chi connectivity index (χ3n) is 2.37. The van der Waals surface area contributed by atoms with Crippen LogP contribution in [0.5, 0.6) is 0 Å². The Morgan fingerprint density at radius 3 is 3.06 bits per heavy atom. The van der Waals surface area contributed by atoms with Crippen molar-refractivity contribution in [3.8, 4) is 0 Å². The van der Waals surface area contributed by atoms with E-state index < -0.39 is 0 Å². The Hall–Kier alpha value is -1.82. The number of hydrogen-bond donors (Lipinski definition) is 2. The summed E-state index contributed by atoms with van der Waals surface area (Å²) < 4.78 is 4.99. The van der Waals surface area contributed by atoms with Gasteiger partial charge in [0.25, 0.3) is 0 Å². The van der Waals surface area contributed by atoms with Gasteiger partial charge >= 0.3 is 0 Å². The van der Waals surface area contributed by atoms with E-state index in [2.05, 4.69) is 10.1 Å². The molecule has 0 aliphatic carbocycles. The minimum Gasteiger partial charge on any atom is -0.409 e. The molecule has 1 rings (SSSR count). The predicted octanol–water partition coefficient (Wildman–Crippen LogP) is 0.649. The third kappa shape index (κ3) is 3.60. The van der Waals surface area contributed by atoms with Crippen molar-refractivity contribution in [2.45, 2.75) is 6.42 Å². The Morgan fingerprint density at radius 1 is 1.65 bits per heavy atom. The molecule has 6 heteroatoms. The van der Waals surface area contributed by atoms with Gasteiger partial charge in [0, 0.05) is 33.5 Å². The van der Waals surface area contributed by atoms with Gasteiger partial charge < -0.3 is 20.6 Å². The number of anilines is 1. The molecule has 0 fully saturated rings. The lowest BCUT2D eigenvalue weighted by Crippen LogP contribution is -2.25. The number of methoxy groups -OCH3 is 1. The molecule has 1 aromatic heterocycles. The van der Waals surface area contributed by atoms with E-state index in [9.17, 15) is 0 Å². The lowest BCUT2D eigenvalue weighted by molar-refractivity contribution is 0.196. The average Bonchev–Trinajstić information content (AvgIpc) is 2.38. The third-order valence-corrected chi connectivity index (χ3v) is 2.37. The first-order chi connectivity index (χ1) is 8.20. The Morgan fingerprint density at radius 2 is 2.41 bits per heavy atom. The van der Waals surface area contributed by atoms with Crippen molar-refractivity contribution in [3.63, 3.8) is 0 Å². The summed E-state index contributed by atoms with van der Waals surface area (Å²) in [5, 5.41) is 11.7. The normalized spacial score (nSPS) is 11.5. The van der Waals surface area contributed by atoms with Gasteiger partial charge in [0.15, 0.2) is 5.84 Å². The number of hydrogen-bond acceptors (Lipinski definition) is 5. The number of ether oxygens (including phenoxy) is 1. The Bertz CT molecular complexity index is 381. The molecule has 94 valence electrons. The van der Waals surface area contributed by atoms with Crippen molar-refractivity contribution in [1.82, 2.24) is 4.98 Å². The van der Waals surface area contributed by atoms with Gasteiger partial charge in [-0.25, -0.2) is 4.98 Å². The standard InChI is InChI=1S/C11H18N4O2/c1-15(7-4-8-17-2)11-9(10(12)14-16)5-3-6-13-11/h3,5-6,16H,4,7-8H2,1-2H3,(H2,12,14). The van der Waals surface area contributed by atoms with Crippen LogP contribution in [0.25, 0.3) is 0 Å². The molecular weight excluding hydrogens is 220 g/mol. The van der Waals surface area contributed by atoms with Crippen LogP contribution in [0.15, 0.2) is 23.5 Å². The molecule has 0 radical (unpaired) electrons. The summed E-state index contributed by atoms with van der Waals surface area (Å²) >= 11 is 0. The molecule has 0 saturated carbocycles. The zero-order valence-electron chi connectivity index (χ0n) is 10.1. The first-order valence-corrected chi connectivity index (χ1v) is 5.33. The van der Waals surface area contributed by atoms with Crippen LogP contribution in [0.4, 0.5) is 5.82 Å². The number of nitrogens with zero attached hydrogens (tertiary/aromatic N) is 3. The number of rotatable bonds is 6. The van der Waals surface area contributed by atoms with Crippen LogP contribution in [0.2, 0.25) is 0 Å². The maximum Gasteiger partial charge on any atom is 0.173 e. The fourth-order valence-electron chi connectivity index (χ4n) is 1.51. The van der Waals surface area contributed by atoms with E-state index in [0.29, 0.717) is 18.0 Å². The number of aromatic nitrogens is 1. The smallest absolute Gasteiger partial charge is 0.173 e. The maximum atomic E-state index is 8.71. The summed E-state index contributed by atoms with van der Waals surface area (Å²) in [5.41, 5.74) is 6.22. The highest BCUT2D eigenvalue weighted by Crippen LogP contribution is 2.15.